The van der Waals surface area contributed by atoms with E-state index in [0.29, 0.717) is 12.1 Å². The molecule has 2 rings (SSSR count). The third-order valence-electron chi connectivity index (χ3n) is 2.76. The second-order valence-electron chi connectivity index (χ2n) is 4.27. The molecule has 5 heteroatoms. The summed E-state index contributed by atoms with van der Waals surface area (Å²) >= 11 is 0. The molecule has 5 nitrogen and oxygen atoms in total. The van der Waals surface area contributed by atoms with E-state index in [1.807, 2.05) is 30.5 Å². The number of aliphatic hydroxyl groups is 1. The van der Waals surface area contributed by atoms with Gasteiger partial charge in [0.05, 0.1) is 6.61 Å². The second-order valence-corrected chi connectivity index (χ2v) is 4.27. The van der Waals surface area contributed by atoms with Gasteiger partial charge in [0, 0.05) is 36.7 Å². The average Bonchev–Trinajstić information content (AvgIpc) is 2.52. The van der Waals surface area contributed by atoms with E-state index in [2.05, 4.69) is 15.6 Å². The Hall–Kier alpha value is -2.40. The summed E-state index contributed by atoms with van der Waals surface area (Å²) in [6.07, 6.45) is 3.55. The Morgan fingerprint density at radius 2 is 2.00 bits per heavy atom. The van der Waals surface area contributed by atoms with Crippen molar-refractivity contribution in [2.75, 3.05) is 18.5 Å². The van der Waals surface area contributed by atoms with Crippen molar-refractivity contribution in [3.63, 3.8) is 0 Å². The summed E-state index contributed by atoms with van der Waals surface area (Å²) in [7, 11) is 0. The number of hydrogen-bond acceptors (Lipinski definition) is 4. The van der Waals surface area contributed by atoms with Gasteiger partial charge in [-0.25, -0.2) is 0 Å². The van der Waals surface area contributed by atoms with Gasteiger partial charge in [-0.1, -0.05) is 6.07 Å². The van der Waals surface area contributed by atoms with Gasteiger partial charge in [-0.2, -0.15) is 0 Å². The van der Waals surface area contributed by atoms with E-state index in [1.165, 1.54) is 0 Å². The molecule has 0 unspecified atom stereocenters. The van der Waals surface area contributed by atoms with Crippen LogP contribution < -0.4 is 10.6 Å². The summed E-state index contributed by atoms with van der Waals surface area (Å²) in [4.78, 5) is 15.7. The lowest BCUT2D eigenvalue weighted by atomic mass is 10.2. The zero-order valence-corrected chi connectivity index (χ0v) is 11.0. The maximum Gasteiger partial charge on any atom is 0.251 e. The molecule has 0 bridgehead atoms. The lowest BCUT2D eigenvalue weighted by molar-refractivity contribution is 0.0945. The highest BCUT2D eigenvalue weighted by Gasteiger charge is 2.03. The van der Waals surface area contributed by atoms with Crippen LogP contribution in [0.25, 0.3) is 0 Å². The minimum Gasteiger partial charge on any atom is -0.395 e. The van der Waals surface area contributed by atoms with E-state index in [9.17, 15) is 4.79 Å². The Kier molecular flexibility index (Phi) is 5.08. The van der Waals surface area contributed by atoms with Crippen LogP contribution in [0.2, 0.25) is 0 Å². The van der Waals surface area contributed by atoms with Crippen molar-refractivity contribution < 1.29 is 9.90 Å². The SMILES string of the molecule is O=C(NCCO)c1ccc(NCc2cccnc2)cc1. The number of amides is 1. The Morgan fingerprint density at radius 3 is 2.65 bits per heavy atom. The van der Waals surface area contributed by atoms with Crippen molar-refractivity contribution >= 4 is 11.6 Å². The van der Waals surface area contributed by atoms with E-state index in [0.717, 1.165) is 11.3 Å². The van der Waals surface area contributed by atoms with E-state index in [1.54, 1.807) is 18.3 Å². The Labute approximate surface area is 117 Å². The Balaban J connectivity index is 1.90. The lowest BCUT2D eigenvalue weighted by Gasteiger charge is -2.07. The molecule has 104 valence electrons. The first-order chi connectivity index (χ1) is 9.79. The van der Waals surface area contributed by atoms with Crippen LogP contribution in [0.3, 0.4) is 0 Å². The molecule has 0 aliphatic carbocycles. The standard InChI is InChI=1S/C15H17N3O2/c19-9-8-17-15(20)13-3-5-14(6-4-13)18-11-12-2-1-7-16-10-12/h1-7,10,18-19H,8-9,11H2,(H,17,20). The number of anilines is 1. The minimum atomic E-state index is -0.183. The fourth-order valence-corrected chi connectivity index (χ4v) is 1.72. The monoisotopic (exact) mass is 271 g/mol. The van der Waals surface area contributed by atoms with Crippen molar-refractivity contribution in [3.05, 3.63) is 59.9 Å². The molecule has 1 aromatic heterocycles. The number of hydrogen-bond donors (Lipinski definition) is 3. The van der Waals surface area contributed by atoms with Gasteiger partial charge in [-0.3, -0.25) is 9.78 Å². The summed E-state index contributed by atoms with van der Waals surface area (Å²) < 4.78 is 0. The molecular weight excluding hydrogens is 254 g/mol. The molecule has 0 atom stereocenters. The number of nitrogens with one attached hydrogen (secondary N) is 2. The highest BCUT2D eigenvalue weighted by atomic mass is 16.3. The van der Waals surface area contributed by atoms with Gasteiger partial charge in [0.25, 0.3) is 5.91 Å². The summed E-state index contributed by atoms with van der Waals surface area (Å²) in [5.74, 6) is -0.183. The van der Waals surface area contributed by atoms with Crippen LogP contribution in [0.1, 0.15) is 15.9 Å². The first kappa shape index (κ1) is 14.0. The fourth-order valence-electron chi connectivity index (χ4n) is 1.72. The van der Waals surface area contributed by atoms with Gasteiger partial charge in [0.1, 0.15) is 0 Å². The fraction of sp³-hybridized carbons (Fsp3) is 0.200. The zero-order chi connectivity index (χ0) is 14.2. The van der Waals surface area contributed by atoms with Crippen LogP contribution in [-0.2, 0) is 6.54 Å². The molecule has 0 fully saturated rings. The van der Waals surface area contributed by atoms with Crippen molar-refractivity contribution in [2.24, 2.45) is 0 Å². The normalized spacial score (nSPS) is 10.1. The average molecular weight is 271 g/mol. The largest absolute Gasteiger partial charge is 0.395 e. The van der Waals surface area contributed by atoms with E-state index in [4.69, 9.17) is 5.11 Å². The molecule has 3 N–H and O–H groups in total. The van der Waals surface area contributed by atoms with Crippen LogP contribution in [-0.4, -0.2) is 29.1 Å². The number of benzene rings is 1. The molecule has 2 aromatic rings. The summed E-state index contributed by atoms with van der Waals surface area (Å²) in [5, 5.41) is 14.5. The molecule has 0 spiro atoms. The number of carbonyl (C=O) groups excluding carboxylic acids is 1. The van der Waals surface area contributed by atoms with Gasteiger partial charge in [-0.05, 0) is 35.9 Å². The molecule has 0 saturated heterocycles. The van der Waals surface area contributed by atoms with Gasteiger partial charge >= 0.3 is 0 Å². The highest BCUT2D eigenvalue weighted by Crippen LogP contribution is 2.11. The number of aliphatic hydroxyl groups excluding tert-OH is 1. The van der Waals surface area contributed by atoms with E-state index in [-0.39, 0.29) is 19.1 Å². The van der Waals surface area contributed by atoms with Gasteiger partial charge in [0.15, 0.2) is 0 Å². The predicted octanol–water partition coefficient (Wildman–Crippen LogP) is 1.42. The van der Waals surface area contributed by atoms with Gasteiger partial charge in [0.2, 0.25) is 0 Å². The van der Waals surface area contributed by atoms with Crippen LogP contribution in [0.4, 0.5) is 5.69 Å². The highest BCUT2D eigenvalue weighted by molar-refractivity contribution is 5.94. The quantitative estimate of drug-likeness (QED) is 0.743. The lowest BCUT2D eigenvalue weighted by Crippen LogP contribution is -2.26. The molecule has 1 heterocycles. The molecule has 0 aliphatic heterocycles. The van der Waals surface area contributed by atoms with E-state index >= 15 is 0 Å². The van der Waals surface area contributed by atoms with Gasteiger partial charge in [-0.15, -0.1) is 0 Å². The summed E-state index contributed by atoms with van der Waals surface area (Å²) in [5.41, 5.74) is 2.61. The maximum atomic E-state index is 11.6. The minimum absolute atomic E-state index is 0.0590. The summed E-state index contributed by atoms with van der Waals surface area (Å²) in [6, 6.07) is 11.1. The topological polar surface area (TPSA) is 74.2 Å². The van der Waals surface area contributed by atoms with Gasteiger partial charge < -0.3 is 15.7 Å². The number of carbonyl (C=O) groups is 1. The second kappa shape index (κ2) is 7.25. The summed E-state index contributed by atoms with van der Waals surface area (Å²) in [6.45, 7) is 0.889. The molecule has 1 amide bonds. The van der Waals surface area contributed by atoms with Crippen molar-refractivity contribution in [2.45, 2.75) is 6.54 Å². The maximum absolute atomic E-state index is 11.6. The third-order valence-corrected chi connectivity index (χ3v) is 2.76. The van der Waals surface area contributed by atoms with Crippen LogP contribution in [0, 0.1) is 0 Å². The van der Waals surface area contributed by atoms with E-state index < -0.39 is 0 Å². The molecule has 0 aliphatic rings. The molecule has 0 radical (unpaired) electrons. The Morgan fingerprint density at radius 1 is 1.20 bits per heavy atom. The molecule has 1 aromatic carbocycles. The predicted molar refractivity (Wildman–Crippen MR) is 77.4 cm³/mol. The first-order valence-electron chi connectivity index (χ1n) is 6.41. The zero-order valence-electron chi connectivity index (χ0n) is 11.0. The van der Waals surface area contributed by atoms with Crippen molar-refractivity contribution in [3.8, 4) is 0 Å². The number of aromatic nitrogens is 1. The number of pyridine rings is 1. The molecule has 0 saturated carbocycles. The molecule has 20 heavy (non-hydrogen) atoms. The van der Waals surface area contributed by atoms with Crippen molar-refractivity contribution in [1.29, 1.82) is 0 Å². The number of rotatable bonds is 6. The number of nitrogens with zero attached hydrogens (tertiary/aromatic N) is 1. The third kappa shape index (κ3) is 4.07. The van der Waals surface area contributed by atoms with Crippen LogP contribution >= 0.6 is 0 Å². The molecular formula is C15H17N3O2. The Bertz CT molecular complexity index is 541. The van der Waals surface area contributed by atoms with Crippen molar-refractivity contribution in [1.82, 2.24) is 10.3 Å². The smallest absolute Gasteiger partial charge is 0.251 e. The van der Waals surface area contributed by atoms with Crippen LogP contribution in [0.5, 0.6) is 0 Å². The first-order valence-corrected chi connectivity index (χ1v) is 6.41. The van der Waals surface area contributed by atoms with Crippen LogP contribution in [0.15, 0.2) is 48.8 Å².